The van der Waals surface area contributed by atoms with Gasteiger partial charge in [0.2, 0.25) is 0 Å². The van der Waals surface area contributed by atoms with Crippen LogP contribution in [0.15, 0.2) is 0 Å². The average Bonchev–Trinajstić information content (AvgIpc) is 2.90. The van der Waals surface area contributed by atoms with Gasteiger partial charge in [0.1, 0.15) is 0 Å². The fraction of sp³-hybridized carbons (Fsp3) is 1.00. The van der Waals surface area contributed by atoms with Crippen LogP contribution in [-0.2, 0) is 0 Å². The Morgan fingerprint density at radius 3 is 1.82 bits per heavy atom. The van der Waals surface area contributed by atoms with E-state index in [1.165, 1.54) is 65.0 Å². The van der Waals surface area contributed by atoms with Gasteiger partial charge in [-0.05, 0) is 52.6 Å². The first-order valence-corrected chi connectivity index (χ1v) is 7.46. The Morgan fingerprint density at radius 2 is 1.29 bits per heavy atom. The van der Waals surface area contributed by atoms with E-state index in [2.05, 4.69) is 29.0 Å². The van der Waals surface area contributed by atoms with E-state index in [0.29, 0.717) is 0 Å². The maximum atomic E-state index is 3.43. The molecule has 1 N–H and O–H groups in total. The highest BCUT2D eigenvalue weighted by atomic mass is 15.2. The molecule has 0 saturated carbocycles. The summed E-state index contributed by atoms with van der Waals surface area (Å²) in [6.45, 7) is 12.3. The van der Waals surface area contributed by atoms with E-state index in [1.807, 2.05) is 0 Å². The average molecular weight is 239 g/mol. The summed E-state index contributed by atoms with van der Waals surface area (Å²) in [5.74, 6) is 0. The molecule has 0 aromatic rings. The number of rotatable bonds is 5. The van der Waals surface area contributed by atoms with Gasteiger partial charge in [0.15, 0.2) is 0 Å². The van der Waals surface area contributed by atoms with Gasteiger partial charge in [0, 0.05) is 38.3 Å². The van der Waals surface area contributed by atoms with Crippen LogP contribution in [-0.4, -0.2) is 61.2 Å². The van der Waals surface area contributed by atoms with Gasteiger partial charge in [0.25, 0.3) is 0 Å². The van der Waals surface area contributed by atoms with Crippen LogP contribution in [0.5, 0.6) is 0 Å². The fourth-order valence-corrected chi connectivity index (χ4v) is 3.15. The monoisotopic (exact) mass is 239 g/mol. The molecule has 2 rings (SSSR count). The van der Waals surface area contributed by atoms with Crippen molar-refractivity contribution < 1.29 is 0 Å². The quantitative estimate of drug-likeness (QED) is 0.785. The van der Waals surface area contributed by atoms with E-state index < -0.39 is 0 Å². The molecule has 0 aromatic heterocycles. The normalized spacial score (nSPS) is 27.2. The Morgan fingerprint density at radius 1 is 0.824 bits per heavy atom. The molecule has 0 radical (unpaired) electrons. The smallest absolute Gasteiger partial charge is 0.0110 e. The highest BCUT2D eigenvalue weighted by Gasteiger charge is 2.20. The van der Waals surface area contributed by atoms with Crippen LogP contribution in [0, 0.1) is 0 Å². The molecule has 3 heteroatoms. The largest absolute Gasteiger partial charge is 0.314 e. The minimum absolute atomic E-state index is 0.766. The van der Waals surface area contributed by atoms with Crippen molar-refractivity contribution in [1.82, 2.24) is 15.1 Å². The van der Waals surface area contributed by atoms with Crippen LogP contribution >= 0.6 is 0 Å². The van der Waals surface area contributed by atoms with Gasteiger partial charge in [-0.25, -0.2) is 0 Å². The van der Waals surface area contributed by atoms with Crippen LogP contribution in [0.4, 0.5) is 0 Å². The molecule has 2 heterocycles. The van der Waals surface area contributed by atoms with Crippen molar-refractivity contribution in [3.05, 3.63) is 0 Å². The van der Waals surface area contributed by atoms with Crippen molar-refractivity contribution in [3.8, 4) is 0 Å². The Labute approximate surface area is 107 Å². The van der Waals surface area contributed by atoms with Crippen LogP contribution in [0.25, 0.3) is 0 Å². The number of hydrogen-bond acceptors (Lipinski definition) is 3. The molecule has 0 aliphatic carbocycles. The second-order valence-corrected chi connectivity index (χ2v) is 5.80. The SMILES string of the molecule is CC(CCC(C)N1CCNCC1)N1CCCC1. The summed E-state index contributed by atoms with van der Waals surface area (Å²) in [7, 11) is 0. The number of nitrogens with zero attached hydrogens (tertiary/aromatic N) is 2. The highest BCUT2D eigenvalue weighted by molar-refractivity contribution is 4.77. The number of piperazine rings is 1. The van der Waals surface area contributed by atoms with E-state index >= 15 is 0 Å². The molecule has 0 spiro atoms. The molecule has 2 saturated heterocycles. The first kappa shape index (κ1) is 13.3. The molecule has 100 valence electrons. The van der Waals surface area contributed by atoms with Gasteiger partial charge < -0.3 is 10.2 Å². The van der Waals surface area contributed by atoms with E-state index in [0.717, 1.165) is 12.1 Å². The van der Waals surface area contributed by atoms with Crippen LogP contribution in [0.3, 0.4) is 0 Å². The molecular formula is C14H29N3. The molecule has 2 atom stereocenters. The van der Waals surface area contributed by atoms with Crippen molar-refractivity contribution in [2.75, 3.05) is 39.3 Å². The summed E-state index contributed by atoms with van der Waals surface area (Å²) in [5, 5.41) is 3.43. The second-order valence-electron chi connectivity index (χ2n) is 5.80. The highest BCUT2D eigenvalue weighted by Crippen LogP contribution is 2.17. The Kier molecular flexibility index (Phi) is 5.26. The number of likely N-dealkylation sites (tertiary alicyclic amines) is 1. The first-order valence-electron chi connectivity index (χ1n) is 7.46. The number of hydrogen-bond donors (Lipinski definition) is 1. The van der Waals surface area contributed by atoms with Gasteiger partial charge >= 0.3 is 0 Å². The summed E-state index contributed by atoms with van der Waals surface area (Å²) in [5.41, 5.74) is 0. The van der Waals surface area contributed by atoms with Crippen LogP contribution in [0.2, 0.25) is 0 Å². The minimum atomic E-state index is 0.766. The lowest BCUT2D eigenvalue weighted by Gasteiger charge is -2.34. The zero-order valence-electron chi connectivity index (χ0n) is 11.6. The van der Waals surface area contributed by atoms with Crippen LogP contribution < -0.4 is 5.32 Å². The van der Waals surface area contributed by atoms with E-state index in [-0.39, 0.29) is 0 Å². The van der Waals surface area contributed by atoms with E-state index in [9.17, 15) is 0 Å². The van der Waals surface area contributed by atoms with E-state index in [4.69, 9.17) is 0 Å². The minimum Gasteiger partial charge on any atom is -0.314 e. The molecule has 0 bridgehead atoms. The molecule has 2 unspecified atom stereocenters. The topological polar surface area (TPSA) is 18.5 Å². The predicted molar refractivity (Wildman–Crippen MR) is 73.4 cm³/mol. The first-order chi connectivity index (χ1) is 8.27. The Bertz CT molecular complexity index is 208. The Balaban J connectivity index is 1.65. The lowest BCUT2D eigenvalue weighted by atomic mass is 10.1. The van der Waals surface area contributed by atoms with Crippen molar-refractivity contribution in [2.45, 2.75) is 51.6 Å². The molecule has 3 nitrogen and oxygen atoms in total. The predicted octanol–water partition coefficient (Wildman–Crippen LogP) is 1.54. The summed E-state index contributed by atoms with van der Waals surface area (Å²) < 4.78 is 0. The lowest BCUT2D eigenvalue weighted by Crippen LogP contribution is -2.47. The lowest BCUT2D eigenvalue weighted by molar-refractivity contribution is 0.159. The molecule has 17 heavy (non-hydrogen) atoms. The number of nitrogens with one attached hydrogen (secondary N) is 1. The zero-order valence-corrected chi connectivity index (χ0v) is 11.6. The van der Waals surface area contributed by atoms with Gasteiger partial charge in [-0.3, -0.25) is 4.90 Å². The zero-order chi connectivity index (χ0) is 12.1. The van der Waals surface area contributed by atoms with Gasteiger partial charge in [0.05, 0.1) is 0 Å². The summed E-state index contributed by atoms with van der Waals surface area (Å²) >= 11 is 0. The van der Waals surface area contributed by atoms with Crippen LogP contribution in [0.1, 0.15) is 39.5 Å². The van der Waals surface area contributed by atoms with Crippen molar-refractivity contribution >= 4 is 0 Å². The third-order valence-corrected chi connectivity index (χ3v) is 4.54. The van der Waals surface area contributed by atoms with Gasteiger partial charge in [-0.2, -0.15) is 0 Å². The van der Waals surface area contributed by atoms with Crippen molar-refractivity contribution in [1.29, 1.82) is 0 Å². The maximum Gasteiger partial charge on any atom is 0.0110 e. The second kappa shape index (κ2) is 6.72. The molecular weight excluding hydrogens is 210 g/mol. The molecule has 2 aliphatic heterocycles. The van der Waals surface area contributed by atoms with E-state index in [1.54, 1.807) is 0 Å². The van der Waals surface area contributed by atoms with Crippen molar-refractivity contribution in [3.63, 3.8) is 0 Å². The fourth-order valence-electron chi connectivity index (χ4n) is 3.15. The molecule has 0 aromatic carbocycles. The van der Waals surface area contributed by atoms with Gasteiger partial charge in [-0.15, -0.1) is 0 Å². The molecule has 0 amide bonds. The third kappa shape index (κ3) is 3.94. The molecule has 2 aliphatic rings. The van der Waals surface area contributed by atoms with Crippen molar-refractivity contribution in [2.24, 2.45) is 0 Å². The summed E-state index contributed by atoms with van der Waals surface area (Å²) in [4.78, 5) is 5.32. The maximum absolute atomic E-state index is 3.43. The summed E-state index contributed by atoms with van der Waals surface area (Å²) in [6, 6.07) is 1.56. The Hall–Kier alpha value is -0.120. The standard InChI is InChI=1S/C14H29N3/c1-13(16-9-3-4-10-16)5-6-14(2)17-11-7-15-8-12-17/h13-15H,3-12H2,1-2H3. The van der Waals surface area contributed by atoms with Gasteiger partial charge in [-0.1, -0.05) is 0 Å². The molecule has 2 fully saturated rings. The summed E-state index contributed by atoms with van der Waals surface area (Å²) in [6.07, 6.45) is 5.55. The third-order valence-electron chi connectivity index (χ3n) is 4.54.